The molecule has 0 aromatic heterocycles. The molecule has 4 nitrogen and oxygen atoms in total. The first-order chi connectivity index (χ1) is 11.4. The lowest BCUT2D eigenvalue weighted by Gasteiger charge is -2.22. The van der Waals surface area contributed by atoms with E-state index in [4.69, 9.17) is 0 Å². The predicted octanol–water partition coefficient (Wildman–Crippen LogP) is 2.46. The number of ketones is 1. The molecule has 2 N–H and O–H groups in total. The van der Waals surface area contributed by atoms with Gasteiger partial charge in [-0.1, -0.05) is 30.3 Å². The van der Waals surface area contributed by atoms with E-state index in [0.29, 0.717) is 24.0 Å². The fourth-order valence-electron chi connectivity index (χ4n) is 3.29. The third kappa shape index (κ3) is 3.24. The molecular weight excluding hydrogens is 302 g/mol. The van der Waals surface area contributed by atoms with E-state index in [-0.39, 0.29) is 18.2 Å². The van der Waals surface area contributed by atoms with Crippen molar-refractivity contribution in [3.63, 3.8) is 0 Å². The summed E-state index contributed by atoms with van der Waals surface area (Å²) in [5.41, 5.74) is 3.14. The Balaban J connectivity index is 1.68. The summed E-state index contributed by atoms with van der Waals surface area (Å²) >= 11 is 0. The van der Waals surface area contributed by atoms with Crippen LogP contribution < -0.4 is 5.32 Å². The van der Waals surface area contributed by atoms with Crippen LogP contribution in [0, 0.1) is 6.92 Å². The summed E-state index contributed by atoms with van der Waals surface area (Å²) in [6, 6.07) is 13.0. The highest BCUT2D eigenvalue weighted by atomic mass is 16.3. The molecule has 0 saturated heterocycles. The normalized spacial score (nSPS) is 15.0. The van der Waals surface area contributed by atoms with Gasteiger partial charge >= 0.3 is 0 Å². The van der Waals surface area contributed by atoms with Crippen molar-refractivity contribution in [1.29, 1.82) is 0 Å². The SMILES string of the molecule is CC(=O)c1cc(C(=O)NCC2(O)Cc3ccccc3C2)ccc1C. The van der Waals surface area contributed by atoms with Crippen molar-refractivity contribution in [1.82, 2.24) is 5.32 Å². The zero-order valence-electron chi connectivity index (χ0n) is 13.9. The van der Waals surface area contributed by atoms with Crippen LogP contribution in [0.2, 0.25) is 0 Å². The number of fused-ring (bicyclic) bond motifs is 1. The van der Waals surface area contributed by atoms with Gasteiger partial charge in [-0.25, -0.2) is 0 Å². The summed E-state index contributed by atoms with van der Waals surface area (Å²) in [6.45, 7) is 3.52. The predicted molar refractivity (Wildman–Crippen MR) is 92.3 cm³/mol. The fraction of sp³-hybridized carbons (Fsp3) is 0.300. The van der Waals surface area contributed by atoms with Crippen molar-refractivity contribution in [3.05, 3.63) is 70.3 Å². The number of benzene rings is 2. The molecule has 0 bridgehead atoms. The van der Waals surface area contributed by atoms with Crippen LogP contribution in [0.15, 0.2) is 42.5 Å². The van der Waals surface area contributed by atoms with Gasteiger partial charge in [0.25, 0.3) is 5.91 Å². The van der Waals surface area contributed by atoms with Crippen LogP contribution in [0.5, 0.6) is 0 Å². The van der Waals surface area contributed by atoms with E-state index >= 15 is 0 Å². The first-order valence-electron chi connectivity index (χ1n) is 8.07. The van der Waals surface area contributed by atoms with E-state index in [2.05, 4.69) is 5.32 Å². The number of carbonyl (C=O) groups excluding carboxylic acids is 2. The lowest BCUT2D eigenvalue weighted by atomic mass is 9.99. The van der Waals surface area contributed by atoms with E-state index in [9.17, 15) is 14.7 Å². The largest absolute Gasteiger partial charge is 0.387 e. The molecule has 1 amide bonds. The molecule has 1 aliphatic rings. The number of hydrogen-bond donors (Lipinski definition) is 2. The molecule has 0 unspecified atom stereocenters. The zero-order valence-corrected chi connectivity index (χ0v) is 13.9. The minimum absolute atomic E-state index is 0.0629. The Kier molecular flexibility index (Phi) is 4.24. The Bertz CT molecular complexity index is 785. The minimum atomic E-state index is -0.951. The quantitative estimate of drug-likeness (QED) is 0.850. The van der Waals surface area contributed by atoms with Crippen molar-refractivity contribution in [2.45, 2.75) is 32.3 Å². The van der Waals surface area contributed by atoms with Gasteiger partial charge in [-0.15, -0.1) is 0 Å². The third-order valence-electron chi connectivity index (χ3n) is 4.61. The van der Waals surface area contributed by atoms with Gasteiger partial charge in [0.15, 0.2) is 5.78 Å². The first-order valence-corrected chi connectivity index (χ1v) is 8.07. The highest BCUT2D eigenvalue weighted by Crippen LogP contribution is 2.29. The van der Waals surface area contributed by atoms with Gasteiger partial charge in [0.1, 0.15) is 0 Å². The second-order valence-electron chi connectivity index (χ2n) is 6.62. The highest BCUT2D eigenvalue weighted by Gasteiger charge is 2.35. The number of amides is 1. The summed E-state index contributed by atoms with van der Waals surface area (Å²) in [6.07, 6.45) is 1.08. The van der Waals surface area contributed by atoms with E-state index in [1.54, 1.807) is 18.2 Å². The molecule has 4 heteroatoms. The lowest BCUT2D eigenvalue weighted by molar-refractivity contribution is 0.0479. The van der Waals surface area contributed by atoms with Gasteiger partial charge in [-0.3, -0.25) is 9.59 Å². The minimum Gasteiger partial charge on any atom is -0.387 e. The van der Waals surface area contributed by atoms with Gasteiger partial charge in [0, 0.05) is 30.5 Å². The molecule has 0 atom stereocenters. The molecule has 2 aromatic carbocycles. The monoisotopic (exact) mass is 323 g/mol. The van der Waals surface area contributed by atoms with Crippen LogP contribution in [0.3, 0.4) is 0 Å². The van der Waals surface area contributed by atoms with E-state index in [1.807, 2.05) is 31.2 Å². The number of rotatable bonds is 4. The van der Waals surface area contributed by atoms with Crippen LogP contribution in [-0.4, -0.2) is 28.9 Å². The van der Waals surface area contributed by atoms with Crippen molar-refractivity contribution in [3.8, 4) is 0 Å². The second kappa shape index (κ2) is 6.21. The molecule has 0 heterocycles. The fourth-order valence-corrected chi connectivity index (χ4v) is 3.29. The van der Waals surface area contributed by atoms with Gasteiger partial charge in [-0.05, 0) is 42.7 Å². The highest BCUT2D eigenvalue weighted by molar-refractivity contribution is 6.00. The summed E-state index contributed by atoms with van der Waals surface area (Å²) in [5.74, 6) is -0.339. The number of carbonyl (C=O) groups is 2. The van der Waals surface area contributed by atoms with Gasteiger partial charge in [0.2, 0.25) is 0 Å². The Hall–Kier alpha value is -2.46. The van der Waals surface area contributed by atoms with Gasteiger partial charge < -0.3 is 10.4 Å². The standard InChI is InChI=1S/C20H21NO3/c1-13-7-8-15(9-18(13)14(2)22)19(23)21-12-20(24)10-16-5-3-4-6-17(16)11-20/h3-9,24H,10-12H2,1-2H3,(H,21,23). The Morgan fingerprint density at radius 2 is 1.75 bits per heavy atom. The number of hydrogen-bond acceptors (Lipinski definition) is 3. The summed E-state index contributed by atoms with van der Waals surface area (Å²) in [4.78, 5) is 24.0. The molecule has 124 valence electrons. The molecule has 3 rings (SSSR count). The Morgan fingerprint density at radius 3 is 2.33 bits per heavy atom. The summed E-state index contributed by atoms with van der Waals surface area (Å²) < 4.78 is 0. The molecule has 1 aliphatic carbocycles. The first kappa shape index (κ1) is 16.4. The molecular formula is C20H21NO3. The molecule has 0 radical (unpaired) electrons. The van der Waals surface area contributed by atoms with Crippen molar-refractivity contribution >= 4 is 11.7 Å². The van der Waals surface area contributed by atoms with Crippen molar-refractivity contribution in [2.75, 3.05) is 6.54 Å². The van der Waals surface area contributed by atoms with Crippen LogP contribution in [-0.2, 0) is 12.8 Å². The van der Waals surface area contributed by atoms with E-state index < -0.39 is 5.60 Å². The average Bonchev–Trinajstić information content (AvgIpc) is 2.89. The maximum Gasteiger partial charge on any atom is 0.251 e. The third-order valence-corrected chi connectivity index (χ3v) is 4.61. The topological polar surface area (TPSA) is 66.4 Å². The summed E-state index contributed by atoms with van der Waals surface area (Å²) in [5, 5.41) is 13.5. The van der Waals surface area contributed by atoms with Crippen LogP contribution in [0.25, 0.3) is 0 Å². The molecule has 24 heavy (non-hydrogen) atoms. The van der Waals surface area contributed by atoms with Gasteiger partial charge in [-0.2, -0.15) is 0 Å². The smallest absolute Gasteiger partial charge is 0.251 e. The maximum absolute atomic E-state index is 12.4. The number of aliphatic hydroxyl groups is 1. The van der Waals surface area contributed by atoms with Gasteiger partial charge in [0.05, 0.1) is 5.60 Å². The Morgan fingerprint density at radius 1 is 1.12 bits per heavy atom. The average molecular weight is 323 g/mol. The molecule has 0 aliphatic heterocycles. The van der Waals surface area contributed by atoms with E-state index in [1.165, 1.54) is 6.92 Å². The number of nitrogens with one attached hydrogen (secondary N) is 1. The van der Waals surface area contributed by atoms with Crippen molar-refractivity contribution < 1.29 is 14.7 Å². The second-order valence-corrected chi connectivity index (χ2v) is 6.62. The van der Waals surface area contributed by atoms with E-state index in [0.717, 1.165) is 16.7 Å². The van der Waals surface area contributed by atoms with Crippen LogP contribution in [0.1, 0.15) is 44.3 Å². The molecule has 0 saturated carbocycles. The Labute approximate surface area is 141 Å². The number of Topliss-reactive ketones (excluding diaryl/α,β-unsaturated/α-hetero) is 1. The molecule has 2 aromatic rings. The van der Waals surface area contributed by atoms with Crippen LogP contribution in [0.4, 0.5) is 0 Å². The molecule has 0 fully saturated rings. The zero-order chi connectivity index (χ0) is 17.3. The lowest BCUT2D eigenvalue weighted by Crippen LogP contribution is -2.43. The summed E-state index contributed by atoms with van der Waals surface area (Å²) in [7, 11) is 0. The van der Waals surface area contributed by atoms with Crippen LogP contribution >= 0.6 is 0 Å². The molecule has 0 spiro atoms. The number of aryl methyl sites for hydroxylation is 1. The maximum atomic E-state index is 12.4. The van der Waals surface area contributed by atoms with Crippen molar-refractivity contribution in [2.24, 2.45) is 0 Å².